The normalized spacial score (nSPS) is 10.3. The molecule has 6 heteroatoms. The van der Waals surface area contributed by atoms with Gasteiger partial charge in [0.2, 0.25) is 0 Å². The highest BCUT2D eigenvalue weighted by Gasteiger charge is 2.15. The highest BCUT2D eigenvalue weighted by atomic mass is 35.5. The first kappa shape index (κ1) is 14.1. The fraction of sp³-hybridized carbons (Fsp3) is 0.0714. The summed E-state index contributed by atoms with van der Waals surface area (Å²) in [5.74, 6) is -1.84. The van der Waals surface area contributed by atoms with E-state index in [1.807, 2.05) is 0 Å². The zero-order valence-electron chi connectivity index (χ0n) is 10.5. The third kappa shape index (κ3) is 2.83. The van der Waals surface area contributed by atoms with Gasteiger partial charge in [0.15, 0.2) is 5.75 Å². The standard InChI is InChI=1S/C14H11ClFNO3/c1-7-2-3-8(15)4-12(7)20-13-6-10(16)9(14(18)19)5-11(13)17/h2-6H,17H2,1H3,(H,18,19). The molecule has 0 heterocycles. The minimum Gasteiger partial charge on any atom is -0.478 e. The molecule has 2 aromatic rings. The molecule has 0 aliphatic rings. The SMILES string of the molecule is Cc1ccc(Cl)cc1Oc1cc(F)c(C(=O)O)cc1N. The smallest absolute Gasteiger partial charge is 0.338 e. The van der Waals surface area contributed by atoms with Crippen LogP contribution in [0, 0.1) is 12.7 Å². The molecule has 0 amide bonds. The van der Waals surface area contributed by atoms with Crippen LogP contribution in [0.1, 0.15) is 15.9 Å². The topological polar surface area (TPSA) is 72.5 Å². The summed E-state index contributed by atoms with van der Waals surface area (Å²) in [6.45, 7) is 1.80. The van der Waals surface area contributed by atoms with Crippen LogP contribution in [-0.2, 0) is 0 Å². The molecule has 0 saturated carbocycles. The molecule has 0 spiro atoms. The number of hydrogen-bond acceptors (Lipinski definition) is 3. The number of anilines is 1. The van der Waals surface area contributed by atoms with Gasteiger partial charge in [-0.25, -0.2) is 9.18 Å². The average molecular weight is 296 g/mol. The van der Waals surface area contributed by atoms with Crippen LogP contribution >= 0.6 is 11.6 Å². The summed E-state index contributed by atoms with van der Waals surface area (Å²) in [7, 11) is 0. The maximum atomic E-state index is 13.6. The summed E-state index contributed by atoms with van der Waals surface area (Å²) in [5, 5.41) is 9.26. The first-order valence-electron chi connectivity index (χ1n) is 5.65. The van der Waals surface area contributed by atoms with Gasteiger partial charge in [0.1, 0.15) is 11.6 Å². The number of nitrogens with two attached hydrogens (primary N) is 1. The molecule has 104 valence electrons. The number of rotatable bonds is 3. The lowest BCUT2D eigenvalue weighted by molar-refractivity contribution is 0.0692. The van der Waals surface area contributed by atoms with Crippen LogP contribution in [0.3, 0.4) is 0 Å². The molecule has 0 radical (unpaired) electrons. The van der Waals surface area contributed by atoms with Gasteiger partial charge in [-0.1, -0.05) is 17.7 Å². The predicted octanol–water partition coefficient (Wildman–Crippen LogP) is 3.86. The molecule has 0 unspecified atom stereocenters. The molecule has 2 aromatic carbocycles. The highest BCUT2D eigenvalue weighted by Crippen LogP contribution is 2.33. The molecule has 0 aliphatic carbocycles. The summed E-state index contributed by atoms with van der Waals surface area (Å²) in [6, 6.07) is 6.97. The number of aryl methyl sites for hydroxylation is 1. The Morgan fingerprint density at radius 1 is 1.30 bits per heavy atom. The Bertz CT molecular complexity index is 688. The van der Waals surface area contributed by atoms with Gasteiger partial charge in [0.05, 0.1) is 11.3 Å². The van der Waals surface area contributed by atoms with Crippen molar-refractivity contribution >= 4 is 23.3 Å². The van der Waals surface area contributed by atoms with Crippen molar-refractivity contribution in [2.45, 2.75) is 6.92 Å². The van der Waals surface area contributed by atoms with Crippen LogP contribution in [0.2, 0.25) is 5.02 Å². The third-order valence-corrected chi connectivity index (χ3v) is 2.94. The summed E-state index contributed by atoms with van der Waals surface area (Å²) in [6.07, 6.45) is 0. The number of hydrogen-bond donors (Lipinski definition) is 2. The Balaban J connectivity index is 2.42. The molecule has 0 aromatic heterocycles. The highest BCUT2D eigenvalue weighted by molar-refractivity contribution is 6.30. The van der Waals surface area contributed by atoms with E-state index < -0.39 is 17.3 Å². The van der Waals surface area contributed by atoms with E-state index in [0.29, 0.717) is 10.8 Å². The van der Waals surface area contributed by atoms with E-state index in [0.717, 1.165) is 17.7 Å². The Labute approximate surface area is 119 Å². The lowest BCUT2D eigenvalue weighted by atomic mass is 10.1. The summed E-state index contributed by atoms with van der Waals surface area (Å²) >= 11 is 5.86. The predicted molar refractivity (Wildman–Crippen MR) is 74.0 cm³/mol. The molecular weight excluding hydrogens is 285 g/mol. The minimum absolute atomic E-state index is 0.0307. The van der Waals surface area contributed by atoms with Crippen molar-refractivity contribution in [2.24, 2.45) is 0 Å². The molecule has 0 fully saturated rings. The Hall–Kier alpha value is -2.27. The second kappa shape index (κ2) is 5.38. The van der Waals surface area contributed by atoms with Gasteiger partial charge in [-0.05, 0) is 30.7 Å². The summed E-state index contributed by atoms with van der Waals surface area (Å²) in [5.41, 5.74) is 5.99. The maximum Gasteiger partial charge on any atom is 0.338 e. The van der Waals surface area contributed by atoms with Gasteiger partial charge in [-0.3, -0.25) is 0 Å². The molecule has 4 nitrogen and oxygen atoms in total. The molecule has 20 heavy (non-hydrogen) atoms. The fourth-order valence-electron chi connectivity index (χ4n) is 1.63. The summed E-state index contributed by atoms with van der Waals surface area (Å²) < 4.78 is 19.1. The molecule has 0 bridgehead atoms. The van der Waals surface area contributed by atoms with E-state index in [9.17, 15) is 9.18 Å². The number of ether oxygens (including phenoxy) is 1. The molecule has 0 atom stereocenters. The van der Waals surface area contributed by atoms with E-state index in [2.05, 4.69) is 0 Å². The van der Waals surface area contributed by atoms with Crippen molar-refractivity contribution in [3.8, 4) is 11.5 Å². The van der Waals surface area contributed by atoms with Crippen molar-refractivity contribution in [2.75, 3.05) is 5.73 Å². The zero-order valence-corrected chi connectivity index (χ0v) is 11.2. The van der Waals surface area contributed by atoms with E-state index in [1.165, 1.54) is 0 Å². The van der Waals surface area contributed by atoms with Crippen molar-refractivity contribution in [3.63, 3.8) is 0 Å². The van der Waals surface area contributed by atoms with Crippen molar-refractivity contribution in [1.82, 2.24) is 0 Å². The van der Waals surface area contributed by atoms with Gasteiger partial charge in [0, 0.05) is 11.1 Å². The Morgan fingerprint density at radius 3 is 2.65 bits per heavy atom. The van der Waals surface area contributed by atoms with Gasteiger partial charge in [-0.2, -0.15) is 0 Å². The minimum atomic E-state index is -1.39. The lowest BCUT2D eigenvalue weighted by Gasteiger charge is -2.12. The fourth-order valence-corrected chi connectivity index (χ4v) is 1.79. The quantitative estimate of drug-likeness (QED) is 0.843. The van der Waals surface area contributed by atoms with Crippen molar-refractivity contribution in [1.29, 1.82) is 0 Å². The monoisotopic (exact) mass is 295 g/mol. The van der Waals surface area contributed by atoms with E-state index in [4.69, 9.17) is 27.2 Å². The van der Waals surface area contributed by atoms with Crippen LogP contribution in [0.4, 0.5) is 10.1 Å². The number of carboxylic acids is 1. The molecule has 2 rings (SSSR count). The second-order valence-corrected chi connectivity index (χ2v) is 4.62. The average Bonchev–Trinajstić information content (AvgIpc) is 2.37. The second-order valence-electron chi connectivity index (χ2n) is 4.19. The number of nitrogen functional groups attached to an aromatic ring is 1. The van der Waals surface area contributed by atoms with E-state index in [1.54, 1.807) is 25.1 Å². The number of halogens is 2. The van der Waals surface area contributed by atoms with Crippen LogP contribution in [0.15, 0.2) is 30.3 Å². The van der Waals surface area contributed by atoms with Crippen molar-refractivity contribution in [3.05, 3.63) is 52.3 Å². The molecule has 0 aliphatic heterocycles. The lowest BCUT2D eigenvalue weighted by Crippen LogP contribution is -2.03. The van der Waals surface area contributed by atoms with Gasteiger partial charge in [0.25, 0.3) is 0 Å². The van der Waals surface area contributed by atoms with Gasteiger partial charge < -0.3 is 15.6 Å². The largest absolute Gasteiger partial charge is 0.478 e. The van der Waals surface area contributed by atoms with E-state index in [-0.39, 0.29) is 11.4 Å². The molecular formula is C14H11ClFNO3. The van der Waals surface area contributed by atoms with Gasteiger partial charge >= 0.3 is 5.97 Å². The number of carboxylic acid groups (broad SMARTS) is 1. The maximum absolute atomic E-state index is 13.6. The summed E-state index contributed by atoms with van der Waals surface area (Å²) in [4.78, 5) is 10.8. The Morgan fingerprint density at radius 2 is 2.00 bits per heavy atom. The first-order chi connectivity index (χ1) is 9.38. The Kier molecular flexibility index (Phi) is 3.81. The van der Waals surface area contributed by atoms with Crippen LogP contribution in [-0.4, -0.2) is 11.1 Å². The van der Waals surface area contributed by atoms with Crippen molar-refractivity contribution < 1.29 is 19.0 Å². The number of aromatic carboxylic acids is 1. The number of benzene rings is 2. The van der Waals surface area contributed by atoms with Crippen LogP contribution in [0.5, 0.6) is 11.5 Å². The number of carbonyl (C=O) groups is 1. The van der Waals surface area contributed by atoms with Crippen LogP contribution in [0.25, 0.3) is 0 Å². The van der Waals surface area contributed by atoms with Gasteiger partial charge in [-0.15, -0.1) is 0 Å². The first-order valence-corrected chi connectivity index (χ1v) is 6.02. The molecule has 3 N–H and O–H groups in total. The van der Waals surface area contributed by atoms with Crippen LogP contribution < -0.4 is 10.5 Å². The molecule has 0 saturated heterocycles. The van der Waals surface area contributed by atoms with E-state index >= 15 is 0 Å². The third-order valence-electron chi connectivity index (χ3n) is 2.70. The zero-order chi connectivity index (χ0) is 14.9.